The lowest BCUT2D eigenvalue weighted by atomic mass is 10.0. The van der Waals surface area contributed by atoms with Crippen LogP contribution in [0.1, 0.15) is 30.9 Å². The van der Waals surface area contributed by atoms with Crippen LogP contribution in [0.3, 0.4) is 0 Å². The van der Waals surface area contributed by atoms with Crippen LogP contribution >= 0.6 is 31.9 Å². The van der Waals surface area contributed by atoms with E-state index in [-0.39, 0.29) is 23.7 Å². The number of urea groups is 1. The number of aromatic amines is 1. The maximum absolute atomic E-state index is 13.9. The Morgan fingerprint density at radius 1 is 1.00 bits per heavy atom. The van der Waals surface area contributed by atoms with Crippen LogP contribution in [0.5, 0.6) is 0 Å². The Morgan fingerprint density at radius 2 is 1.65 bits per heavy atom. The molecule has 0 bridgehead atoms. The second-order valence-corrected chi connectivity index (χ2v) is 14.2. The molecule has 2 saturated heterocycles. The Bertz CT molecular complexity index is 1520. The Morgan fingerprint density at radius 3 is 2.28 bits per heavy atom. The number of piperidine rings is 1. The van der Waals surface area contributed by atoms with Gasteiger partial charge in [-0.15, -0.1) is 0 Å². The number of aromatic nitrogens is 2. The average molecular weight is 761 g/mol. The van der Waals surface area contributed by atoms with Gasteiger partial charge >= 0.3 is 11.7 Å². The summed E-state index contributed by atoms with van der Waals surface area (Å²) >= 11 is 7.03. The Balaban J connectivity index is 1.22. The highest BCUT2D eigenvalue weighted by molar-refractivity contribution is 9.11. The summed E-state index contributed by atoms with van der Waals surface area (Å²) in [6.45, 7) is 5.91. The number of H-pyrrole nitrogens is 1. The van der Waals surface area contributed by atoms with Crippen LogP contribution in [0.25, 0.3) is 11.3 Å². The second kappa shape index (κ2) is 15.6. The third-order valence-corrected chi connectivity index (χ3v) is 10.2. The Labute approximate surface area is 287 Å². The number of likely N-dealkylation sites (tertiary alicyclic amines) is 1. The molecule has 0 saturated carbocycles. The topological polar surface area (TPSA) is 123 Å². The predicted molar refractivity (Wildman–Crippen MR) is 189 cm³/mol. The fourth-order valence-corrected chi connectivity index (χ4v) is 7.53. The summed E-state index contributed by atoms with van der Waals surface area (Å²) < 4.78 is 3.22. The molecular weight excluding hydrogens is 716 g/mol. The van der Waals surface area contributed by atoms with E-state index in [1.165, 1.54) is 0 Å². The molecule has 2 fully saturated rings. The molecule has 248 valence electrons. The molecule has 0 aliphatic carbocycles. The summed E-state index contributed by atoms with van der Waals surface area (Å²) in [4.78, 5) is 51.5. The van der Waals surface area contributed by atoms with E-state index in [1.807, 2.05) is 53.6 Å². The van der Waals surface area contributed by atoms with E-state index in [9.17, 15) is 14.4 Å². The van der Waals surface area contributed by atoms with Crippen molar-refractivity contribution in [2.75, 3.05) is 72.2 Å². The number of rotatable bonds is 10. The maximum Gasteiger partial charge on any atom is 0.326 e. The standard InChI is InChI=1S/C33H44Br2N8O3/c1-39(2)11-6-12-40-15-17-41(18-16-40)31(44)28(21-23-19-26(34)30(36)27(35)20-23)37-32(45)42-13-9-25(10-14-42)43-22-29(38-33(43)46)24-7-4-3-5-8-24/h3-5,7-8,19-20,22,25,28H,6,9-18,21,36H2,1-2H3,(H,37,45)(H,38,46)/t28-/m1/s1. The van der Waals surface area contributed by atoms with Gasteiger partial charge in [0.25, 0.3) is 0 Å². The first kappa shape index (κ1) is 34.2. The van der Waals surface area contributed by atoms with Gasteiger partial charge in [0.1, 0.15) is 6.04 Å². The van der Waals surface area contributed by atoms with Crippen molar-refractivity contribution in [3.05, 3.63) is 73.7 Å². The molecule has 0 unspecified atom stereocenters. The number of hydrogen-bond acceptors (Lipinski definition) is 6. The molecule has 1 atom stereocenters. The minimum Gasteiger partial charge on any atom is -0.397 e. The summed E-state index contributed by atoms with van der Waals surface area (Å²) in [5, 5.41) is 3.08. The Hall–Kier alpha value is -3.13. The number of piperazine rings is 1. The van der Waals surface area contributed by atoms with E-state index in [0.29, 0.717) is 51.1 Å². The van der Waals surface area contributed by atoms with Gasteiger partial charge in [-0.1, -0.05) is 30.3 Å². The van der Waals surface area contributed by atoms with Gasteiger partial charge in [-0.05, 0) is 102 Å². The summed E-state index contributed by atoms with van der Waals surface area (Å²) in [6.07, 6.45) is 4.58. The minimum absolute atomic E-state index is 0.0128. The first-order valence-corrected chi connectivity index (χ1v) is 17.5. The third-order valence-electron chi connectivity index (χ3n) is 8.91. The fourth-order valence-electron chi connectivity index (χ4n) is 6.25. The van der Waals surface area contributed by atoms with Crippen LogP contribution in [-0.2, 0) is 11.2 Å². The number of nitrogen functional groups attached to an aromatic ring is 1. The van der Waals surface area contributed by atoms with E-state index in [4.69, 9.17) is 5.73 Å². The molecule has 1 aromatic heterocycles. The lowest BCUT2D eigenvalue weighted by Gasteiger charge is -2.37. The van der Waals surface area contributed by atoms with Gasteiger partial charge in [0, 0.05) is 66.9 Å². The van der Waals surface area contributed by atoms with Crippen molar-refractivity contribution in [1.82, 2.24) is 34.5 Å². The number of benzene rings is 2. The van der Waals surface area contributed by atoms with Gasteiger partial charge in [0.05, 0.1) is 11.4 Å². The van der Waals surface area contributed by atoms with E-state index in [2.05, 4.69) is 66.1 Å². The molecule has 2 aliphatic rings. The SMILES string of the molecule is CN(C)CCCN1CCN(C(=O)[C@@H](Cc2cc(Br)c(N)c(Br)c2)NC(=O)N2CCC(n3cc(-c4ccccc4)[nH]c3=O)CC2)CC1. The van der Waals surface area contributed by atoms with Crippen LogP contribution in [0.15, 0.2) is 62.4 Å². The largest absolute Gasteiger partial charge is 0.397 e. The van der Waals surface area contributed by atoms with Gasteiger partial charge < -0.3 is 30.7 Å². The van der Waals surface area contributed by atoms with Crippen LogP contribution < -0.4 is 16.7 Å². The number of carbonyl (C=O) groups excluding carboxylic acids is 2. The first-order valence-electron chi connectivity index (χ1n) is 15.9. The van der Waals surface area contributed by atoms with Crippen molar-refractivity contribution in [2.24, 2.45) is 0 Å². The molecule has 5 rings (SSSR count). The zero-order valence-electron chi connectivity index (χ0n) is 26.6. The second-order valence-electron chi connectivity index (χ2n) is 12.5. The van der Waals surface area contributed by atoms with Crippen molar-refractivity contribution in [3.63, 3.8) is 0 Å². The zero-order valence-corrected chi connectivity index (χ0v) is 29.7. The summed E-state index contributed by atoms with van der Waals surface area (Å²) in [5.41, 5.74) is 9.17. The molecule has 2 aliphatic heterocycles. The van der Waals surface area contributed by atoms with E-state index >= 15 is 0 Å². The first-order chi connectivity index (χ1) is 22.1. The molecule has 46 heavy (non-hydrogen) atoms. The molecule has 13 heteroatoms. The summed E-state index contributed by atoms with van der Waals surface area (Å²) in [6, 6.07) is 12.6. The zero-order chi connectivity index (χ0) is 32.8. The molecule has 3 heterocycles. The lowest BCUT2D eigenvalue weighted by molar-refractivity contribution is -0.135. The van der Waals surface area contributed by atoms with Crippen molar-refractivity contribution in [2.45, 2.75) is 37.8 Å². The highest BCUT2D eigenvalue weighted by Gasteiger charge is 2.32. The van der Waals surface area contributed by atoms with Gasteiger partial charge in [-0.25, -0.2) is 9.59 Å². The van der Waals surface area contributed by atoms with E-state index in [1.54, 1.807) is 9.47 Å². The number of nitrogens with one attached hydrogen (secondary N) is 2. The number of anilines is 1. The van der Waals surface area contributed by atoms with Crippen LogP contribution in [0.4, 0.5) is 10.5 Å². The van der Waals surface area contributed by atoms with Gasteiger partial charge in [0.2, 0.25) is 5.91 Å². The fraction of sp³-hybridized carbons (Fsp3) is 0.485. The highest BCUT2D eigenvalue weighted by Crippen LogP contribution is 2.30. The van der Waals surface area contributed by atoms with Crippen molar-refractivity contribution < 1.29 is 9.59 Å². The molecule has 3 amide bonds. The molecule has 0 spiro atoms. The van der Waals surface area contributed by atoms with Crippen molar-refractivity contribution in [3.8, 4) is 11.3 Å². The number of hydrogen-bond donors (Lipinski definition) is 3. The monoisotopic (exact) mass is 758 g/mol. The maximum atomic E-state index is 13.9. The van der Waals surface area contributed by atoms with Crippen molar-refractivity contribution >= 4 is 49.5 Å². The number of amides is 3. The van der Waals surface area contributed by atoms with Gasteiger partial charge in [-0.2, -0.15) is 0 Å². The summed E-state index contributed by atoms with van der Waals surface area (Å²) in [7, 11) is 4.16. The number of imidazole rings is 1. The van der Waals surface area contributed by atoms with Crippen LogP contribution in [0, 0.1) is 0 Å². The lowest BCUT2D eigenvalue weighted by Crippen LogP contribution is -2.57. The van der Waals surface area contributed by atoms with E-state index < -0.39 is 6.04 Å². The quantitative estimate of drug-likeness (QED) is 0.269. The number of nitrogens with zero attached hydrogens (tertiary/aromatic N) is 5. The average Bonchev–Trinajstić information content (AvgIpc) is 3.45. The minimum atomic E-state index is -0.728. The van der Waals surface area contributed by atoms with Crippen LogP contribution in [-0.4, -0.2) is 114 Å². The Kier molecular flexibility index (Phi) is 11.6. The normalized spacial score (nSPS) is 17.0. The highest BCUT2D eigenvalue weighted by atomic mass is 79.9. The third kappa shape index (κ3) is 8.61. The summed E-state index contributed by atoms with van der Waals surface area (Å²) in [5.74, 6) is -0.0763. The number of halogens is 2. The van der Waals surface area contributed by atoms with Crippen LogP contribution in [0.2, 0.25) is 0 Å². The molecule has 4 N–H and O–H groups in total. The molecule has 11 nitrogen and oxygen atoms in total. The van der Waals surface area contributed by atoms with Crippen molar-refractivity contribution in [1.29, 1.82) is 0 Å². The molecule has 2 aromatic carbocycles. The molecular formula is C33H44Br2N8O3. The number of nitrogens with two attached hydrogens (primary N) is 1. The van der Waals surface area contributed by atoms with Gasteiger partial charge in [-0.3, -0.25) is 14.3 Å². The molecule has 0 radical (unpaired) electrons. The number of carbonyl (C=O) groups is 2. The smallest absolute Gasteiger partial charge is 0.326 e. The van der Waals surface area contributed by atoms with E-state index in [0.717, 1.165) is 58.4 Å². The molecule has 3 aromatic rings. The van der Waals surface area contributed by atoms with Gasteiger partial charge in [0.15, 0.2) is 0 Å². The predicted octanol–water partition coefficient (Wildman–Crippen LogP) is 4.00.